The van der Waals surface area contributed by atoms with E-state index in [-0.39, 0.29) is 17.0 Å². The number of aromatic nitrogens is 2. The molecule has 20 heavy (non-hydrogen) atoms. The van der Waals surface area contributed by atoms with Crippen molar-refractivity contribution in [2.75, 3.05) is 13.1 Å². The summed E-state index contributed by atoms with van der Waals surface area (Å²) in [5.74, 6) is 0.261. The Bertz CT molecular complexity index is 540. The van der Waals surface area contributed by atoms with Crippen molar-refractivity contribution in [3.05, 3.63) is 12.3 Å². The lowest BCUT2D eigenvalue weighted by atomic mass is 9.99. The van der Waals surface area contributed by atoms with Crippen molar-refractivity contribution in [1.82, 2.24) is 14.1 Å². The first-order valence-electron chi connectivity index (χ1n) is 7.28. The summed E-state index contributed by atoms with van der Waals surface area (Å²) in [6, 6.07) is 1.51. The van der Waals surface area contributed by atoms with Gasteiger partial charge in [0.25, 0.3) is 10.0 Å². The summed E-state index contributed by atoms with van der Waals surface area (Å²) in [5.41, 5.74) is 6.07. The van der Waals surface area contributed by atoms with Gasteiger partial charge in [0, 0.05) is 25.7 Å². The molecule has 0 aliphatic carbocycles. The van der Waals surface area contributed by atoms with Gasteiger partial charge in [0.05, 0.1) is 6.20 Å². The van der Waals surface area contributed by atoms with E-state index >= 15 is 0 Å². The first-order valence-corrected chi connectivity index (χ1v) is 8.72. The highest BCUT2D eigenvalue weighted by Crippen LogP contribution is 2.26. The number of nitrogens with two attached hydrogens (primary N) is 1. The van der Waals surface area contributed by atoms with Gasteiger partial charge in [-0.3, -0.25) is 4.68 Å². The monoisotopic (exact) mass is 300 g/mol. The molecule has 7 heteroatoms. The van der Waals surface area contributed by atoms with Crippen molar-refractivity contribution in [3.63, 3.8) is 0 Å². The lowest BCUT2D eigenvalue weighted by Crippen LogP contribution is -2.33. The molecule has 0 bridgehead atoms. The van der Waals surface area contributed by atoms with E-state index in [9.17, 15) is 8.42 Å². The van der Waals surface area contributed by atoms with Crippen molar-refractivity contribution in [2.45, 2.75) is 50.7 Å². The minimum atomic E-state index is -3.48. The predicted octanol–water partition coefficient (Wildman–Crippen LogP) is 1.04. The van der Waals surface area contributed by atoms with Crippen LogP contribution >= 0.6 is 0 Å². The summed E-state index contributed by atoms with van der Waals surface area (Å²) in [6.45, 7) is 5.64. The number of rotatable bonds is 6. The molecule has 6 nitrogen and oxygen atoms in total. The minimum Gasteiger partial charge on any atom is -0.326 e. The first kappa shape index (κ1) is 15.5. The maximum absolute atomic E-state index is 12.7. The van der Waals surface area contributed by atoms with Crippen LogP contribution in [-0.2, 0) is 16.6 Å². The van der Waals surface area contributed by atoms with Gasteiger partial charge in [0.15, 0.2) is 5.03 Å². The molecule has 2 heterocycles. The Balaban J connectivity index is 2.21. The molecular formula is C13H24N4O2S. The number of sulfonamides is 1. The molecule has 0 amide bonds. The zero-order valence-corrected chi connectivity index (χ0v) is 13.0. The molecular weight excluding hydrogens is 276 g/mol. The van der Waals surface area contributed by atoms with Crippen LogP contribution in [0.1, 0.15) is 33.1 Å². The summed E-state index contributed by atoms with van der Waals surface area (Å²) in [4.78, 5) is 0. The number of hydrogen-bond acceptors (Lipinski definition) is 4. The van der Waals surface area contributed by atoms with Gasteiger partial charge in [-0.05, 0) is 24.8 Å². The molecule has 0 spiro atoms. The van der Waals surface area contributed by atoms with Crippen LogP contribution in [-0.4, -0.2) is 41.6 Å². The smallest absolute Gasteiger partial charge is 0.260 e. The van der Waals surface area contributed by atoms with Crippen molar-refractivity contribution in [1.29, 1.82) is 0 Å². The quantitative estimate of drug-likeness (QED) is 0.851. The van der Waals surface area contributed by atoms with Crippen molar-refractivity contribution < 1.29 is 8.42 Å². The van der Waals surface area contributed by atoms with Crippen LogP contribution in [0, 0.1) is 5.92 Å². The first-order chi connectivity index (χ1) is 9.50. The van der Waals surface area contributed by atoms with Crippen LogP contribution < -0.4 is 5.73 Å². The van der Waals surface area contributed by atoms with Gasteiger partial charge >= 0.3 is 0 Å². The molecule has 0 radical (unpaired) electrons. The maximum atomic E-state index is 12.7. The van der Waals surface area contributed by atoms with Gasteiger partial charge in [0.2, 0.25) is 0 Å². The Kier molecular flexibility index (Phi) is 4.82. The molecule has 0 aromatic carbocycles. The Labute approximate surface area is 121 Å². The molecule has 1 aromatic heterocycles. The summed E-state index contributed by atoms with van der Waals surface area (Å²) >= 11 is 0. The highest BCUT2D eigenvalue weighted by molar-refractivity contribution is 7.89. The van der Waals surface area contributed by atoms with Gasteiger partial charge in [0.1, 0.15) is 0 Å². The number of aryl methyl sites for hydroxylation is 1. The van der Waals surface area contributed by atoms with E-state index in [1.54, 1.807) is 16.9 Å². The van der Waals surface area contributed by atoms with E-state index in [1.807, 2.05) is 6.92 Å². The fourth-order valence-electron chi connectivity index (χ4n) is 2.78. The third-order valence-electron chi connectivity index (χ3n) is 3.83. The zero-order chi connectivity index (χ0) is 14.8. The summed E-state index contributed by atoms with van der Waals surface area (Å²) in [6.07, 6.45) is 4.39. The van der Waals surface area contributed by atoms with E-state index in [2.05, 4.69) is 12.0 Å². The minimum absolute atomic E-state index is 0.0627. The van der Waals surface area contributed by atoms with Crippen LogP contribution in [0.15, 0.2) is 17.3 Å². The molecule has 1 aromatic rings. The molecule has 2 unspecified atom stereocenters. The Hall–Kier alpha value is -0.920. The average molecular weight is 300 g/mol. The van der Waals surface area contributed by atoms with Crippen LogP contribution in [0.25, 0.3) is 0 Å². The Morgan fingerprint density at radius 1 is 1.35 bits per heavy atom. The second-order valence-electron chi connectivity index (χ2n) is 5.43. The standard InChI is InChI=1S/C13H24N4O2S/c1-3-5-11-9-16(10-12(11)14)20(18,19)13-6-7-15-17(13)8-4-2/h6-7,11-12H,3-5,8-10,14H2,1-2H3. The van der Waals surface area contributed by atoms with Crippen LogP contribution in [0.3, 0.4) is 0 Å². The SMILES string of the molecule is CCCC1CN(S(=O)(=O)c2ccnn2CCC)CC1N. The summed E-state index contributed by atoms with van der Waals surface area (Å²) in [5, 5.41) is 4.38. The lowest BCUT2D eigenvalue weighted by Gasteiger charge is -2.17. The molecule has 2 rings (SSSR count). The zero-order valence-electron chi connectivity index (χ0n) is 12.2. The summed E-state index contributed by atoms with van der Waals surface area (Å²) in [7, 11) is -3.48. The largest absolute Gasteiger partial charge is 0.326 e. The van der Waals surface area contributed by atoms with Crippen LogP contribution in [0.5, 0.6) is 0 Å². The molecule has 1 saturated heterocycles. The fourth-order valence-corrected chi connectivity index (χ4v) is 4.44. The molecule has 1 aliphatic heterocycles. The third-order valence-corrected chi connectivity index (χ3v) is 5.69. The predicted molar refractivity (Wildman–Crippen MR) is 77.7 cm³/mol. The van der Waals surface area contributed by atoms with E-state index in [0.29, 0.717) is 19.6 Å². The topological polar surface area (TPSA) is 81.2 Å². The summed E-state index contributed by atoms with van der Waals surface area (Å²) < 4.78 is 28.5. The van der Waals surface area contributed by atoms with Gasteiger partial charge < -0.3 is 5.73 Å². The Morgan fingerprint density at radius 2 is 2.10 bits per heavy atom. The highest BCUT2D eigenvalue weighted by Gasteiger charge is 2.38. The highest BCUT2D eigenvalue weighted by atomic mass is 32.2. The third kappa shape index (κ3) is 2.89. The number of hydrogen-bond donors (Lipinski definition) is 1. The van der Waals surface area contributed by atoms with Crippen LogP contribution in [0.2, 0.25) is 0 Å². The maximum Gasteiger partial charge on any atom is 0.260 e. The van der Waals surface area contributed by atoms with Gasteiger partial charge in [-0.15, -0.1) is 0 Å². The molecule has 2 atom stereocenters. The molecule has 1 aliphatic rings. The second kappa shape index (κ2) is 6.24. The normalized spacial score (nSPS) is 24.4. The van der Waals surface area contributed by atoms with E-state index < -0.39 is 10.0 Å². The van der Waals surface area contributed by atoms with Gasteiger partial charge in [-0.25, -0.2) is 8.42 Å². The van der Waals surface area contributed by atoms with Crippen LogP contribution in [0.4, 0.5) is 0 Å². The van der Waals surface area contributed by atoms with Crippen molar-refractivity contribution >= 4 is 10.0 Å². The second-order valence-corrected chi connectivity index (χ2v) is 7.31. The molecule has 0 saturated carbocycles. The molecule has 2 N–H and O–H groups in total. The van der Waals surface area contributed by atoms with Crippen molar-refractivity contribution in [2.24, 2.45) is 11.7 Å². The van der Waals surface area contributed by atoms with Gasteiger partial charge in [-0.2, -0.15) is 9.40 Å². The van der Waals surface area contributed by atoms with E-state index in [0.717, 1.165) is 19.3 Å². The van der Waals surface area contributed by atoms with E-state index in [4.69, 9.17) is 5.73 Å². The van der Waals surface area contributed by atoms with E-state index in [1.165, 1.54) is 4.31 Å². The number of nitrogens with zero attached hydrogens (tertiary/aromatic N) is 3. The van der Waals surface area contributed by atoms with Crippen molar-refractivity contribution in [3.8, 4) is 0 Å². The van der Waals surface area contributed by atoms with Gasteiger partial charge in [-0.1, -0.05) is 20.3 Å². The average Bonchev–Trinajstić information content (AvgIpc) is 2.99. The fraction of sp³-hybridized carbons (Fsp3) is 0.769. The molecule has 114 valence electrons. The molecule has 1 fully saturated rings. The Morgan fingerprint density at radius 3 is 2.75 bits per heavy atom. The lowest BCUT2D eigenvalue weighted by molar-refractivity contribution is 0.430.